The Morgan fingerprint density at radius 3 is 2.75 bits per heavy atom. The highest BCUT2D eigenvalue weighted by atomic mass is 32.1. The van der Waals surface area contributed by atoms with Crippen molar-refractivity contribution in [2.75, 3.05) is 11.9 Å². The first kappa shape index (κ1) is 17.9. The van der Waals surface area contributed by atoms with E-state index in [1.54, 1.807) is 23.3 Å². The predicted molar refractivity (Wildman–Crippen MR) is 98.1 cm³/mol. The second-order valence-electron chi connectivity index (χ2n) is 5.32. The van der Waals surface area contributed by atoms with Crippen LogP contribution in [0.3, 0.4) is 0 Å². The average Bonchev–Trinajstić information content (AvgIpc) is 3.05. The van der Waals surface area contributed by atoms with Crippen LogP contribution >= 0.6 is 12.2 Å². The lowest BCUT2D eigenvalue weighted by atomic mass is 10.2. The van der Waals surface area contributed by atoms with Crippen molar-refractivity contribution >= 4 is 28.9 Å². The lowest BCUT2D eigenvalue weighted by Gasteiger charge is -2.11. The van der Waals surface area contributed by atoms with Gasteiger partial charge in [0.15, 0.2) is 5.11 Å². The largest absolute Gasteiger partial charge is 0.494 e. The molecule has 128 valence electrons. The van der Waals surface area contributed by atoms with Crippen molar-refractivity contribution in [2.24, 2.45) is 0 Å². The summed E-state index contributed by atoms with van der Waals surface area (Å²) in [6, 6.07) is 7.49. The number of nitrogens with one attached hydrogen (secondary N) is 2. The van der Waals surface area contributed by atoms with E-state index in [-0.39, 0.29) is 17.6 Å². The van der Waals surface area contributed by atoms with Gasteiger partial charge in [-0.05, 0) is 42.9 Å². The maximum atomic E-state index is 11.8. The number of anilines is 1. The monoisotopic (exact) mass is 346 g/mol. The highest BCUT2D eigenvalue weighted by Gasteiger charge is 2.05. The SMILES string of the molecule is CCCCCOc1ccc(NC(=S)NC(=O)Cn2ccnc2)cc1. The van der Waals surface area contributed by atoms with E-state index in [1.807, 2.05) is 24.3 Å². The molecule has 0 aliphatic rings. The van der Waals surface area contributed by atoms with E-state index in [0.29, 0.717) is 0 Å². The summed E-state index contributed by atoms with van der Waals surface area (Å²) in [6.45, 7) is 3.06. The van der Waals surface area contributed by atoms with Gasteiger partial charge in [0.1, 0.15) is 12.3 Å². The van der Waals surface area contributed by atoms with Gasteiger partial charge < -0.3 is 19.9 Å². The fourth-order valence-electron chi connectivity index (χ4n) is 2.05. The first-order chi connectivity index (χ1) is 11.7. The van der Waals surface area contributed by atoms with E-state index in [9.17, 15) is 4.79 Å². The summed E-state index contributed by atoms with van der Waals surface area (Å²) < 4.78 is 7.32. The summed E-state index contributed by atoms with van der Waals surface area (Å²) >= 11 is 5.14. The Hall–Kier alpha value is -2.41. The molecule has 6 nitrogen and oxygen atoms in total. The van der Waals surface area contributed by atoms with Crippen LogP contribution in [0.15, 0.2) is 43.0 Å². The number of thiocarbonyl (C=S) groups is 1. The molecule has 0 spiro atoms. The van der Waals surface area contributed by atoms with Crippen LogP contribution in [-0.4, -0.2) is 27.2 Å². The average molecular weight is 346 g/mol. The van der Waals surface area contributed by atoms with E-state index in [0.717, 1.165) is 24.5 Å². The standard InChI is InChI=1S/C17H22N4O2S/c1-2-3-4-11-23-15-7-5-14(6-8-15)19-17(24)20-16(22)12-21-10-9-18-13-21/h5-10,13H,2-4,11-12H2,1H3,(H2,19,20,22,24). The fourth-order valence-corrected chi connectivity index (χ4v) is 2.28. The molecule has 1 amide bonds. The normalized spacial score (nSPS) is 10.2. The highest BCUT2D eigenvalue weighted by Crippen LogP contribution is 2.16. The summed E-state index contributed by atoms with van der Waals surface area (Å²) in [5.41, 5.74) is 0.795. The van der Waals surface area contributed by atoms with Crippen LogP contribution < -0.4 is 15.4 Å². The number of hydrogen-bond acceptors (Lipinski definition) is 4. The molecule has 24 heavy (non-hydrogen) atoms. The van der Waals surface area contributed by atoms with Crippen molar-refractivity contribution in [1.82, 2.24) is 14.9 Å². The van der Waals surface area contributed by atoms with Crippen molar-refractivity contribution in [3.63, 3.8) is 0 Å². The van der Waals surface area contributed by atoms with Gasteiger partial charge in [-0.2, -0.15) is 0 Å². The van der Waals surface area contributed by atoms with Crippen LogP contribution in [-0.2, 0) is 11.3 Å². The van der Waals surface area contributed by atoms with Crippen LogP contribution in [0.2, 0.25) is 0 Å². The number of amides is 1. The molecule has 0 radical (unpaired) electrons. The number of nitrogens with zero attached hydrogens (tertiary/aromatic N) is 2. The maximum absolute atomic E-state index is 11.8. The first-order valence-corrected chi connectivity index (χ1v) is 8.37. The lowest BCUT2D eigenvalue weighted by molar-refractivity contribution is -0.120. The Bertz CT molecular complexity index is 641. The second-order valence-corrected chi connectivity index (χ2v) is 5.73. The zero-order valence-electron chi connectivity index (χ0n) is 13.7. The van der Waals surface area contributed by atoms with E-state index in [1.165, 1.54) is 12.8 Å². The van der Waals surface area contributed by atoms with Crippen molar-refractivity contribution in [3.8, 4) is 5.75 Å². The van der Waals surface area contributed by atoms with Crippen molar-refractivity contribution in [3.05, 3.63) is 43.0 Å². The second kappa shape index (κ2) is 9.67. The predicted octanol–water partition coefficient (Wildman–Crippen LogP) is 2.97. The minimum absolute atomic E-state index is 0.173. The number of benzene rings is 1. The van der Waals surface area contributed by atoms with Gasteiger partial charge in [0, 0.05) is 18.1 Å². The topological polar surface area (TPSA) is 68.2 Å². The van der Waals surface area contributed by atoms with Gasteiger partial charge >= 0.3 is 0 Å². The molecule has 7 heteroatoms. The molecule has 2 aromatic rings. The molecule has 0 saturated heterocycles. The van der Waals surface area contributed by atoms with Crippen LogP contribution in [0.25, 0.3) is 0 Å². The minimum Gasteiger partial charge on any atom is -0.494 e. The maximum Gasteiger partial charge on any atom is 0.246 e. The molecular weight excluding hydrogens is 324 g/mol. The summed E-state index contributed by atoms with van der Waals surface area (Å²) in [5.74, 6) is 0.619. The highest BCUT2D eigenvalue weighted by molar-refractivity contribution is 7.80. The van der Waals surface area contributed by atoms with Crippen LogP contribution in [0.1, 0.15) is 26.2 Å². The molecule has 0 aliphatic heterocycles. The summed E-state index contributed by atoms with van der Waals surface area (Å²) in [4.78, 5) is 15.7. The third-order valence-electron chi connectivity index (χ3n) is 3.27. The van der Waals surface area contributed by atoms with Gasteiger partial charge in [-0.25, -0.2) is 4.98 Å². The number of carbonyl (C=O) groups is 1. The smallest absolute Gasteiger partial charge is 0.246 e. The molecule has 1 heterocycles. The van der Waals surface area contributed by atoms with E-state index >= 15 is 0 Å². The number of hydrogen-bond donors (Lipinski definition) is 2. The molecule has 1 aromatic carbocycles. The zero-order valence-corrected chi connectivity index (χ0v) is 14.5. The van der Waals surface area contributed by atoms with Crippen LogP contribution in [0.4, 0.5) is 5.69 Å². The van der Waals surface area contributed by atoms with Gasteiger partial charge in [-0.3, -0.25) is 4.79 Å². The van der Waals surface area contributed by atoms with Gasteiger partial charge in [0.05, 0.1) is 12.9 Å². The van der Waals surface area contributed by atoms with Crippen molar-refractivity contribution in [1.29, 1.82) is 0 Å². The van der Waals surface area contributed by atoms with E-state index in [2.05, 4.69) is 22.5 Å². The van der Waals surface area contributed by atoms with Crippen molar-refractivity contribution < 1.29 is 9.53 Å². The number of imidazole rings is 1. The van der Waals surface area contributed by atoms with Crippen molar-refractivity contribution in [2.45, 2.75) is 32.7 Å². The summed E-state index contributed by atoms with van der Waals surface area (Å²) in [6.07, 6.45) is 8.33. The number of ether oxygens (including phenoxy) is 1. The Morgan fingerprint density at radius 1 is 1.29 bits per heavy atom. The van der Waals surface area contributed by atoms with Gasteiger partial charge in [0.25, 0.3) is 0 Å². The number of rotatable bonds is 8. The summed E-state index contributed by atoms with van der Waals surface area (Å²) in [7, 11) is 0. The van der Waals surface area contributed by atoms with Crippen LogP contribution in [0, 0.1) is 0 Å². The Balaban J connectivity index is 1.74. The molecule has 0 aliphatic carbocycles. The molecular formula is C17H22N4O2S. The lowest BCUT2D eigenvalue weighted by Crippen LogP contribution is -2.36. The Morgan fingerprint density at radius 2 is 2.08 bits per heavy atom. The van der Waals surface area contributed by atoms with Gasteiger partial charge in [-0.15, -0.1) is 0 Å². The van der Waals surface area contributed by atoms with Crippen LogP contribution in [0.5, 0.6) is 5.75 Å². The minimum atomic E-state index is -0.207. The van der Waals surface area contributed by atoms with E-state index < -0.39 is 0 Å². The summed E-state index contributed by atoms with van der Waals surface area (Å²) in [5, 5.41) is 5.87. The Labute approximate surface area is 147 Å². The molecule has 0 fully saturated rings. The molecule has 1 aromatic heterocycles. The molecule has 0 unspecified atom stereocenters. The third-order valence-corrected chi connectivity index (χ3v) is 3.47. The number of carbonyl (C=O) groups excluding carboxylic acids is 1. The molecule has 0 saturated carbocycles. The zero-order chi connectivity index (χ0) is 17.2. The third kappa shape index (κ3) is 6.37. The first-order valence-electron chi connectivity index (χ1n) is 7.97. The molecule has 2 N–H and O–H groups in total. The number of unbranched alkanes of at least 4 members (excludes halogenated alkanes) is 2. The number of aromatic nitrogens is 2. The molecule has 2 rings (SSSR count). The van der Waals surface area contributed by atoms with Gasteiger partial charge in [0.2, 0.25) is 5.91 Å². The van der Waals surface area contributed by atoms with Gasteiger partial charge in [-0.1, -0.05) is 19.8 Å². The molecule has 0 bridgehead atoms. The Kier molecular flexibility index (Phi) is 7.22. The quantitative estimate of drug-likeness (QED) is 0.568. The molecule has 0 atom stereocenters. The van der Waals surface area contributed by atoms with E-state index in [4.69, 9.17) is 17.0 Å². The fraction of sp³-hybridized carbons (Fsp3) is 0.353.